The van der Waals surface area contributed by atoms with E-state index in [9.17, 15) is 9.59 Å². The van der Waals surface area contributed by atoms with E-state index in [-0.39, 0.29) is 11.7 Å². The van der Waals surface area contributed by atoms with Gasteiger partial charge in [-0.15, -0.1) is 0 Å². The molecule has 2 heterocycles. The SMILES string of the molecule is Cc1ccc(C(=O)CCC(=O)N(C)C2CC3CCC(C2)N3)cc1. The molecular weight excluding hydrogens is 288 g/mol. The molecule has 2 aliphatic heterocycles. The zero-order chi connectivity index (χ0) is 16.4. The van der Waals surface area contributed by atoms with Gasteiger partial charge < -0.3 is 10.2 Å². The Morgan fingerprint density at radius 3 is 2.30 bits per heavy atom. The lowest BCUT2D eigenvalue weighted by Crippen LogP contribution is -2.48. The predicted molar refractivity (Wildman–Crippen MR) is 90.5 cm³/mol. The number of fused-ring (bicyclic) bond motifs is 2. The normalized spacial score (nSPS) is 26.1. The van der Waals surface area contributed by atoms with Gasteiger partial charge in [0.15, 0.2) is 5.78 Å². The summed E-state index contributed by atoms with van der Waals surface area (Å²) in [5.74, 6) is 0.147. The summed E-state index contributed by atoms with van der Waals surface area (Å²) in [7, 11) is 1.90. The molecule has 1 aromatic carbocycles. The fourth-order valence-electron chi connectivity index (χ4n) is 3.83. The van der Waals surface area contributed by atoms with E-state index in [2.05, 4.69) is 5.32 Å². The first-order chi connectivity index (χ1) is 11.0. The number of nitrogens with one attached hydrogen (secondary N) is 1. The summed E-state index contributed by atoms with van der Waals surface area (Å²) in [6, 6.07) is 9.03. The van der Waals surface area contributed by atoms with Gasteiger partial charge in [-0.2, -0.15) is 0 Å². The van der Waals surface area contributed by atoms with Crippen LogP contribution < -0.4 is 5.32 Å². The maximum atomic E-state index is 12.4. The lowest BCUT2D eigenvalue weighted by atomic mass is 9.98. The molecule has 0 aliphatic carbocycles. The average molecular weight is 314 g/mol. The number of rotatable bonds is 5. The molecule has 0 radical (unpaired) electrons. The molecule has 124 valence electrons. The number of nitrogens with zero attached hydrogens (tertiary/aromatic N) is 1. The van der Waals surface area contributed by atoms with Crippen molar-refractivity contribution in [1.82, 2.24) is 10.2 Å². The zero-order valence-electron chi connectivity index (χ0n) is 14.0. The van der Waals surface area contributed by atoms with E-state index in [1.165, 1.54) is 12.8 Å². The molecule has 2 bridgehead atoms. The van der Waals surface area contributed by atoms with Crippen molar-refractivity contribution in [1.29, 1.82) is 0 Å². The number of hydrogen-bond acceptors (Lipinski definition) is 3. The number of Topliss-reactive ketones (excluding diaryl/α,β-unsaturated/α-hetero) is 1. The van der Waals surface area contributed by atoms with Gasteiger partial charge in [0.2, 0.25) is 5.91 Å². The van der Waals surface area contributed by atoms with Gasteiger partial charge in [-0.25, -0.2) is 0 Å². The Balaban J connectivity index is 1.50. The third-order valence-electron chi connectivity index (χ3n) is 5.33. The molecule has 1 amide bonds. The number of hydrogen-bond donors (Lipinski definition) is 1. The number of carbonyl (C=O) groups is 2. The van der Waals surface area contributed by atoms with E-state index in [0.29, 0.717) is 36.5 Å². The number of carbonyl (C=O) groups excluding carboxylic acids is 2. The van der Waals surface area contributed by atoms with Crippen LogP contribution in [0.4, 0.5) is 0 Å². The largest absolute Gasteiger partial charge is 0.343 e. The summed E-state index contributed by atoms with van der Waals surface area (Å²) < 4.78 is 0. The van der Waals surface area contributed by atoms with Crippen molar-refractivity contribution < 1.29 is 9.59 Å². The maximum absolute atomic E-state index is 12.4. The molecule has 4 nitrogen and oxygen atoms in total. The first-order valence-corrected chi connectivity index (χ1v) is 8.64. The number of aryl methyl sites for hydroxylation is 1. The maximum Gasteiger partial charge on any atom is 0.223 e. The van der Waals surface area contributed by atoms with Gasteiger partial charge in [0, 0.05) is 43.6 Å². The topological polar surface area (TPSA) is 49.4 Å². The van der Waals surface area contributed by atoms with E-state index < -0.39 is 0 Å². The Labute approximate surface area is 138 Å². The minimum atomic E-state index is 0.0529. The molecule has 3 rings (SSSR count). The average Bonchev–Trinajstić information content (AvgIpc) is 2.90. The molecule has 2 unspecified atom stereocenters. The van der Waals surface area contributed by atoms with Crippen LogP contribution in [-0.4, -0.2) is 41.8 Å². The van der Waals surface area contributed by atoms with Crippen molar-refractivity contribution in [2.24, 2.45) is 0 Å². The minimum absolute atomic E-state index is 0.0529. The molecule has 1 N–H and O–H groups in total. The second-order valence-electron chi connectivity index (χ2n) is 7.06. The fourth-order valence-corrected chi connectivity index (χ4v) is 3.83. The van der Waals surface area contributed by atoms with E-state index in [4.69, 9.17) is 0 Å². The second kappa shape index (κ2) is 6.83. The first-order valence-electron chi connectivity index (χ1n) is 8.64. The highest BCUT2D eigenvalue weighted by atomic mass is 16.2. The standard InChI is InChI=1S/C19H26N2O2/c1-13-3-5-14(6-4-13)18(22)9-10-19(23)21(2)17-11-15-7-8-16(12-17)20-15/h3-6,15-17,20H,7-12H2,1-2H3. The lowest BCUT2D eigenvalue weighted by Gasteiger charge is -2.35. The predicted octanol–water partition coefficient (Wildman–Crippen LogP) is 2.70. The van der Waals surface area contributed by atoms with Gasteiger partial charge in [0.25, 0.3) is 0 Å². The van der Waals surface area contributed by atoms with Gasteiger partial charge in [0.1, 0.15) is 0 Å². The smallest absolute Gasteiger partial charge is 0.223 e. The molecule has 4 heteroatoms. The van der Waals surface area contributed by atoms with Gasteiger partial charge in [0.05, 0.1) is 0 Å². The third-order valence-corrected chi connectivity index (χ3v) is 5.33. The highest BCUT2D eigenvalue weighted by Crippen LogP contribution is 2.29. The molecule has 0 spiro atoms. The fraction of sp³-hybridized carbons (Fsp3) is 0.579. The molecule has 0 saturated carbocycles. The van der Waals surface area contributed by atoms with Gasteiger partial charge in [-0.3, -0.25) is 9.59 Å². The molecule has 2 atom stereocenters. The number of benzene rings is 1. The number of piperidine rings is 1. The van der Waals surface area contributed by atoms with E-state index >= 15 is 0 Å². The Kier molecular flexibility index (Phi) is 4.81. The van der Waals surface area contributed by atoms with E-state index in [1.54, 1.807) is 0 Å². The quantitative estimate of drug-likeness (QED) is 0.850. The Bertz CT molecular complexity index is 570. The number of ketones is 1. The van der Waals surface area contributed by atoms with Crippen molar-refractivity contribution in [3.05, 3.63) is 35.4 Å². The molecule has 2 aliphatic rings. The first kappa shape index (κ1) is 16.2. The van der Waals surface area contributed by atoms with Crippen LogP contribution in [0.25, 0.3) is 0 Å². The molecule has 23 heavy (non-hydrogen) atoms. The Morgan fingerprint density at radius 1 is 1.09 bits per heavy atom. The molecule has 1 aromatic rings. The molecule has 0 aromatic heterocycles. The van der Waals surface area contributed by atoms with Crippen molar-refractivity contribution in [3.8, 4) is 0 Å². The van der Waals surface area contributed by atoms with Gasteiger partial charge in [-0.05, 0) is 32.6 Å². The van der Waals surface area contributed by atoms with Crippen LogP contribution in [0.15, 0.2) is 24.3 Å². The van der Waals surface area contributed by atoms with Crippen LogP contribution in [0.5, 0.6) is 0 Å². The summed E-state index contributed by atoms with van der Waals surface area (Å²) in [5.41, 5.74) is 1.84. The number of amides is 1. The van der Waals surface area contributed by atoms with Gasteiger partial charge in [-0.1, -0.05) is 29.8 Å². The minimum Gasteiger partial charge on any atom is -0.343 e. The van der Waals surface area contributed by atoms with E-state index in [1.807, 2.05) is 43.1 Å². The summed E-state index contributed by atoms with van der Waals surface area (Å²) >= 11 is 0. The summed E-state index contributed by atoms with van der Waals surface area (Å²) in [4.78, 5) is 26.5. The Hall–Kier alpha value is -1.68. The Morgan fingerprint density at radius 2 is 1.70 bits per heavy atom. The van der Waals surface area contributed by atoms with Crippen LogP contribution in [-0.2, 0) is 4.79 Å². The van der Waals surface area contributed by atoms with Crippen LogP contribution in [0, 0.1) is 6.92 Å². The van der Waals surface area contributed by atoms with Crippen molar-refractivity contribution in [3.63, 3.8) is 0 Å². The highest BCUT2D eigenvalue weighted by molar-refractivity contribution is 5.97. The van der Waals surface area contributed by atoms with E-state index in [0.717, 1.165) is 18.4 Å². The monoisotopic (exact) mass is 314 g/mol. The summed E-state index contributed by atoms with van der Waals surface area (Å²) in [6.07, 6.45) is 5.16. The van der Waals surface area contributed by atoms with Crippen LogP contribution >= 0.6 is 0 Å². The van der Waals surface area contributed by atoms with Gasteiger partial charge >= 0.3 is 0 Å². The van der Waals surface area contributed by atoms with Crippen molar-refractivity contribution >= 4 is 11.7 Å². The van der Waals surface area contributed by atoms with Crippen molar-refractivity contribution in [2.75, 3.05) is 7.05 Å². The molecular formula is C19H26N2O2. The highest BCUT2D eigenvalue weighted by Gasteiger charge is 2.36. The summed E-state index contributed by atoms with van der Waals surface area (Å²) in [5, 5.41) is 3.60. The second-order valence-corrected chi connectivity index (χ2v) is 7.06. The van der Waals surface area contributed by atoms with Crippen molar-refractivity contribution in [2.45, 2.75) is 63.6 Å². The lowest BCUT2D eigenvalue weighted by molar-refractivity contribution is -0.132. The van der Waals surface area contributed by atoms with Crippen LogP contribution in [0.3, 0.4) is 0 Å². The molecule has 2 saturated heterocycles. The third kappa shape index (κ3) is 3.81. The molecule has 2 fully saturated rings. The zero-order valence-corrected chi connectivity index (χ0v) is 14.0. The summed E-state index contributed by atoms with van der Waals surface area (Å²) in [6.45, 7) is 2.00. The van der Waals surface area contributed by atoms with Crippen LogP contribution in [0.2, 0.25) is 0 Å². The van der Waals surface area contributed by atoms with Crippen LogP contribution in [0.1, 0.15) is 54.4 Å².